The molecule has 3 aromatic rings. The number of carbonyl (C=O) groups excluding carboxylic acids is 1. The number of carbonyl (C=O) groups is 1. The van der Waals surface area contributed by atoms with Crippen LogP contribution < -0.4 is 5.32 Å². The van der Waals surface area contributed by atoms with Gasteiger partial charge in [-0.15, -0.1) is 0 Å². The Balaban J connectivity index is 1.89. The van der Waals surface area contributed by atoms with Gasteiger partial charge >= 0.3 is 6.18 Å². The molecule has 0 radical (unpaired) electrons. The lowest BCUT2D eigenvalue weighted by molar-refractivity contribution is -0.137. The molecular formula is C19H15ClF3N3O. The minimum atomic E-state index is -4.45. The van der Waals surface area contributed by atoms with Gasteiger partial charge in [0.15, 0.2) is 0 Å². The first kappa shape index (κ1) is 19.0. The summed E-state index contributed by atoms with van der Waals surface area (Å²) in [6.07, 6.45) is -1.11. The molecule has 4 nitrogen and oxygen atoms in total. The molecule has 0 fully saturated rings. The lowest BCUT2D eigenvalue weighted by Crippen LogP contribution is -2.31. The number of aryl methyl sites for hydroxylation is 1. The number of hydrogen-bond donors (Lipinski definition) is 1. The summed E-state index contributed by atoms with van der Waals surface area (Å²) in [5, 5.41) is 3.37. The third-order valence-electron chi connectivity index (χ3n) is 4.07. The molecule has 0 spiro atoms. The van der Waals surface area contributed by atoms with E-state index in [-0.39, 0.29) is 5.56 Å². The van der Waals surface area contributed by atoms with Gasteiger partial charge in [0.1, 0.15) is 11.9 Å². The van der Waals surface area contributed by atoms with E-state index in [0.29, 0.717) is 10.8 Å². The fraction of sp³-hybridized carbons (Fsp3) is 0.158. The van der Waals surface area contributed by atoms with E-state index in [2.05, 4.69) is 10.3 Å². The molecule has 1 N–H and O–H groups in total. The third-order valence-corrected chi connectivity index (χ3v) is 4.32. The van der Waals surface area contributed by atoms with E-state index >= 15 is 0 Å². The molecule has 1 aromatic heterocycles. The van der Waals surface area contributed by atoms with Crippen molar-refractivity contribution in [1.29, 1.82) is 0 Å². The molecule has 0 aliphatic heterocycles. The standard InChI is InChI=1S/C19H15ClF3N3O/c1-26-11-10-24-17(26)16(12-4-8-15(20)9-5-12)25-18(27)13-2-6-14(7-3-13)19(21,22)23/h2-11,16H,1H3,(H,25,27)/t16-/m1/s1. The molecule has 2 aromatic carbocycles. The van der Waals surface area contributed by atoms with Crippen LogP contribution in [0.15, 0.2) is 60.9 Å². The number of nitrogens with one attached hydrogen (secondary N) is 1. The highest BCUT2D eigenvalue weighted by Gasteiger charge is 2.30. The van der Waals surface area contributed by atoms with Crippen LogP contribution in [0.25, 0.3) is 0 Å². The molecule has 0 bridgehead atoms. The van der Waals surface area contributed by atoms with Crippen LogP contribution in [0.4, 0.5) is 13.2 Å². The van der Waals surface area contributed by atoms with Crippen LogP contribution in [0.1, 0.15) is 33.4 Å². The van der Waals surface area contributed by atoms with Crippen LogP contribution in [-0.4, -0.2) is 15.5 Å². The van der Waals surface area contributed by atoms with E-state index in [1.807, 2.05) is 0 Å². The Kier molecular flexibility index (Phi) is 5.23. The number of rotatable bonds is 4. The molecule has 1 amide bonds. The van der Waals surface area contributed by atoms with Gasteiger partial charge in [-0.25, -0.2) is 4.98 Å². The Labute approximate surface area is 158 Å². The highest BCUT2D eigenvalue weighted by molar-refractivity contribution is 6.30. The smallest absolute Gasteiger partial charge is 0.338 e. The maximum atomic E-state index is 12.7. The zero-order chi connectivity index (χ0) is 19.6. The first-order valence-electron chi connectivity index (χ1n) is 7.96. The topological polar surface area (TPSA) is 46.9 Å². The summed E-state index contributed by atoms with van der Waals surface area (Å²) in [7, 11) is 1.79. The number of imidazole rings is 1. The zero-order valence-electron chi connectivity index (χ0n) is 14.2. The largest absolute Gasteiger partial charge is 0.416 e. The summed E-state index contributed by atoms with van der Waals surface area (Å²) in [5.74, 6) is 0.0734. The van der Waals surface area contributed by atoms with Crippen molar-refractivity contribution in [2.75, 3.05) is 0 Å². The predicted octanol–water partition coefficient (Wildman–Crippen LogP) is 4.61. The second-order valence-corrected chi connectivity index (χ2v) is 6.37. The average molecular weight is 394 g/mol. The Morgan fingerprint density at radius 3 is 2.26 bits per heavy atom. The van der Waals surface area contributed by atoms with Gasteiger partial charge in [-0.3, -0.25) is 4.79 Å². The van der Waals surface area contributed by atoms with Crippen LogP contribution in [-0.2, 0) is 13.2 Å². The normalized spacial score (nSPS) is 12.6. The molecule has 3 rings (SSSR count). The van der Waals surface area contributed by atoms with Crippen molar-refractivity contribution < 1.29 is 18.0 Å². The van der Waals surface area contributed by atoms with Gasteiger partial charge in [0.2, 0.25) is 0 Å². The minimum absolute atomic E-state index is 0.121. The van der Waals surface area contributed by atoms with E-state index in [0.717, 1.165) is 29.8 Å². The lowest BCUT2D eigenvalue weighted by Gasteiger charge is -2.19. The summed E-state index contributed by atoms with van der Waals surface area (Å²) in [5.41, 5.74) is 0.0579. The van der Waals surface area contributed by atoms with E-state index in [9.17, 15) is 18.0 Å². The molecular weight excluding hydrogens is 379 g/mol. The van der Waals surface area contributed by atoms with Gasteiger partial charge in [0.25, 0.3) is 5.91 Å². The second-order valence-electron chi connectivity index (χ2n) is 5.93. The van der Waals surface area contributed by atoms with Crippen LogP contribution in [0.5, 0.6) is 0 Å². The Hall–Kier alpha value is -2.80. The molecule has 140 valence electrons. The van der Waals surface area contributed by atoms with E-state index in [4.69, 9.17) is 11.6 Å². The predicted molar refractivity (Wildman–Crippen MR) is 95.4 cm³/mol. The summed E-state index contributed by atoms with van der Waals surface area (Å²) in [4.78, 5) is 16.9. The Bertz CT molecular complexity index is 934. The molecule has 0 aliphatic rings. The third kappa shape index (κ3) is 4.31. The van der Waals surface area contributed by atoms with Crippen LogP contribution in [0.3, 0.4) is 0 Å². The number of benzene rings is 2. The fourth-order valence-corrected chi connectivity index (χ4v) is 2.76. The molecule has 0 saturated heterocycles. The number of amides is 1. The Morgan fingerprint density at radius 1 is 1.11 bits per heavy atom. The number of aromatic nitrogens is 2. The highest BCUT2D eigenvalue weighted by atomic mass is 35.5. The highest BCUT2D eigenvalue weighted by Crippen LogP contribution is 2.29. The van der Waals surface area contributed by atoms with Gasteiger partial charge < -0.3 is 9.88 Å². The zero-order valence-corrected chi connectivity index (χ0v) is 14.9. The SMILES string of the molecule is Cn1ccnc1[C@H](NC(=O)c1ccc(C(F)(F)F)cc1)c1ccc(Cl)cc1. The van der Waals surface area contributed by atoms with E-state index in [1.165, 1.54) is 0 Å². The molecule has 1 heterocycles. The molecule has 27 heavy (non-hydrogen) atoms. The number of nitrogens with zero attached hydrogens (tertiary/aromatic N) is 2. The Morgan fingerprint density at radius 2 is 1.74 bits per heavy atom. The van der Waals surface area contributed by atoms with Crippen molar-refractivity contribution >= 4 is 17.5 Å². The molecule has 0 unspecified atom stereocenters. The molecule has 0 aliphatic carbocycles. The molecule has 0 saturated carbocycles. The van der Waals surface area contributed by atoms with Gasteiger partial charge in [0.05, 0.1) is 5.56 Å². The fourth-order valence-electron chi connectivity index (χ4n) is 2.63. The maximum Gasteiger partial charge on any atom is 0.416 e. The van der Waals surface area contributed by atoms with Crippen molar-refractivity contribution in [3.05, 3.63) is 88.5 Å². The average Bonchev–Trinajstić information content (AvgIpc) is 3.05. The van der Waals surface area contributed by atoms with Crippen molar-refractivity contribution in [2.45, 2.75) is 12.2 Å². The lowest BCUT2D eigenvalue weighted by atomic mass is 10.0. The molecule has 1 atom stereocenters. The van der Waals surface area contributed by atoms with Crippen LogP contribution >= 0.6 is 11.6 Å². The van der Waals surface area contributed by atoms with Gasteiger partial charge in [-0.2, -0.15) is 13.2 Å². The maximum absolute atomic E-state index is 12.7. The van der Waals surface area contributed by atoms with Gasteiger partial charge in [-0.05, 0) is 42.0 Å². The van der Waals surface area contributed by atoms with E-state index < -0.39 is 23.7 Å². The van der Waals surface area contributed by atoms with E-state index in [1.54, 1.807) is 48.3 Å². The van der Waals surface area contributed by atoms with Crippen LogP contribution in [0.2, 0.25) is 5.02 Å². The number of alkyl halides is 3. The van der Waals surface area contributed by atoms with Gasteiger partial charge in [-0.1, -0.05) is 23.7 Å². The number of hydrogen-bond acceptors (Lipinski definition) is 2. The first-order chi connectivity index (χ1) is 12.8. The van der Waals surface area contributed by atoms with Crippen LogP contribution in [0, 0.1) is 0 Å². The summed E-state index contributed by atoms with van der Waals surface area (Å²) in [6, 6.07) is 10.4. The van der Waals surface area contributed by atoms with Gasteiger partial charge in [0, 0.05) is 30.0 Å². The van der Waals surface area contributed by atoms with Crippen molar-refractivity contribution in [3.63, 3.8) is 0 Å². The second kappa shape index (κ2) is 7.44. The summed E-state index contributed by atoms with van der Waals surface area (Å²) >= 11 is 5.93. The van der Waals surface area contributed by atoms with Crippen molar-refractivity contribution in [3.8, 4) is 0 Å². The summed E-state index contributed by atoms with van der Waals surface area (Å²) in [6.45, 7) is 0. The quantitative estimate of drug-likeness (QED) is 0.703. The number of halogens is 4. The molecule has 8 heteroatoms. The van der Waals surface area contributed by atoms with Crippen molar-refractivity contribution in [1.82, 2.24) is 14.9 Å². The first-order valence-corrected chi connectivity index (χ1v) is 8.34. The minimum Gasteiger partial charge on any atom is -0.338 e. The van der Waals surface area contributed by atoms with Crippen molar-refractivity contribution in [2.24, 2.45) is 7.05 Å². The monoisotopic (exact) mass is 393 g/mol. The summed E-state index contributed by atoms with van der Waals surface area (Å²) < 4.78 is 39.8.